The Morgan fingerprint density at radius 1 is 0.906 bits per heavy atom. The van der Waals surface area contributed by atoms with Crippen LogP contribution in [0.4, 0.5) is 5.69 Å². The van der Waals surface area contributed by atoms with E-state index in [0.29, 0.717) is 34.0 Å². The second-order valence-electron chi connectivity index (χ2n) is 7.75. The number of hydrogen-bond acceptors (Lipinski definition) is 4. The van der Waals surface area contributed by atoms with E-state index in [1.54, 1.807) is 73.3 Å². The lowest BCUT2D eigenvalue weighted by Gasteiger charge is -2.16. The number of fused-ring (bicyclic) bond motifs is 1. The largest absolute Gasteiger partial charge is 0.483 e. The summed E-state index contributed by atoms with van der Waals surface area (Å²) in [7, 11) is 0. The van der Waals surface area contributed by atoms with Crippen LogP contribution in [0, 0.1) is 0 Å². The van der Waals surface area contributed by atoms with Crippen molar-refractivity contribution in [3.8, 4) is 5.75 Å². The number of ether oxygens (including phenoxy) is 1. The molecule has 0 aliphatic carbocycles. The number of amides is 1. The molecule has 0 saturated carbocycles. The Kier molecular flexibility index (Phi) is 6.10. The molecule has 1 aliphatic rings. The SMILES string of the molecule is CC(=O)N1CCc2cc(C(=O)C(C)Oc3ccc(C(=O)c4ccc(Cl)cc4)cc3)ccc21. The maximum atomic E-state index is 12.9. The summed E-state index contributed by atoms with van der Waals surface area (Å²) in [5, 5.41) is 0.573. The molecule has 6 heteroatoms. The molecule has 1 atom stereocenters. The quantitative estimate of drug-likeness (QED) is 0.491. The number of rotatable bonds is 6. The molecule has 3 aromatic carbocycles. The predicted molar refractivity (Wildman–Crippen MR) is 124 cm³/mol. The van der Waals surface area contributed by atoms with Gasteiger partial charge in [0.2, 0.25) is 11.7 Å². The highest BCUT2D eigenvalue weighted by Gasteiger charge is 2.25. The summed E-state index contributed by atoms with van der Waals surface area (Å²) in [5.74, 6) is 0.241. The minimum atomic E-state index is -0.698. The molecule has 1 aliphatic heterocycles. The van der Waals surface area contributed by atoms with E-state index >= 15 is 0 Å². The first kappa shape index (κ1) is 21.8. The first-order valence-electron chi connectivity index (χ1n) is 10.4. The summed E-state index contributed by atoms with van der Waals surface area (Å²) in [6.45, 7) is 3.87. The van der Waals surface area contributed by atoms with Gasteiger partial charge < -0.3 is 9.64 Å². The van der Waals surface area contributed by atoms with Crippen LogP contribution in [0.5, 0.6) is 5.75 Å². The summed E-state index contributed by atoms with van der Waals surface area (Å²) in [6.07, 6.45) is 0.0326. The van der Waals surface area contributed by atoms with Crippen molar-refractivity contribution in [1.82, 2.24) is 0 Å². The second kappa shape index (κ2) is 8.97. The molecule has 0 radical (unpaired) electrons. The Morgan fingerprint density at radius 3 is 2.12 bits per heavy atom. The Labute approximate surface area is 191 Å². The normalized spacial score (nSPS) is 13.4. The van der Waals surface area contributed by atoms with Gasteiger partial charge in [-0.15, -0.1) is 0 Å². The summed E-state index contributed by atoms with van der Waals surface area (Å²) in [5.41, 5.74) is 3.47. The number of benzene rings is 3. The number of anilines is 1. The van der Waals surface area contributed by atoms with Gasteiger partial charge in [-0.1, -0.05) is 11.6 Å². The van der Waals surface area contributed by atoms with Crippen molar-refractivity contribution < 1.29 is 19.1 Å². The number of nitrogens with zero attached hydrogens (tertiary/aromatic N) is 1. The lowest BCUT2D eigenvalue weighted by Crippen LogP contribution is -2.26. The number of ketones is 2. The maximum Gasteiger partial charge on any atom is 0.223 e. The van der Waals surface area contributed by atoms with Gasteiger partial charge in [0, 0.05) is 40.9 Å². The number of halogens is 1. The van der Waals surface area contributed by atoms with Gasteiger partial charge in [-0.2, -0.15) is 0 Å². The van der Waals surface area contributed by atoms with Crippen molar-refractivity contribution in [1.29, 1.82) is 0 Å². The van der Waals surface area contributed by atoms with Gasteiger partial charge in [-0.3, -0.25) is 14.4 Å². The molecule has 162 valence electrons. The van der Waals surface area contributed by atoms with Gasteiger partial charge in [0.15, 0.2) is 11.9 Å². The summed E-state index contributed by atoms with van der Waals surface area (Å²) in [4.78, 5) is 38.9. The van der Waals surface area contributed by atoms with E-state index in [1.807, 2.05) is 12.1 Å². The van der Waals surface area contributed by atoms with Crippen LogP contribution in [-0.2, 0) is 11.2 Å². The van der Waals surface area contributed by atoms with Gasteiger partial charge in [0.1, 0.15) is 5.75 Å². The maximum absolute atomic E-state index is 12.9. The van der Waals surface area contributed by atoms with Crippen LogP contribution in [0.2, 0.25) is 5.02 Å². The first-order valence-corrected chi connectivity index (χ1v) is 10.7. The molecule has 32 heavy (non-hydrogen) atoms. The van der Waals surface area contributed by atoms with Crippen LogP contribution in [-0.4, -0.2) is 30.1 Å². The summed E-state index contributed by atoms with van der Waals surface area (Å²) < 4.78 is 5.82. The highest BCUT2D eigenvalue weighted by atomic mass is 35.5. The van der Waals surface area contributed by atoms with Crippen molar-refractivity contribution in [2.45, 2.75) is 26.4 Å². The fraction of sp³-hybridized carbons (Fsp3) is 0.192. The van der Waals surface area contributed by atoms with E-state index < -0.39 is 6.10 Å². The van der Waals surface area contributed by atoms with Gasteiger partial charge in [0.25, 0.3) is 0 Å². The Hall–Kier alpha value is -3.44. The molecule has 0 fully saturated rings. The van der Waals surface area contributed by atoms with Gasteiger partial charge >= 0.3 is 0 Å². The molecule has 4 rings (SSSR count). The lowest BCUT2D eigenvalue weighted by molar-refractivity contribution is -0.116. The van der Waals surface area contributed by atoms with Crippen LogP contribution >= 0.6 is 11.6 Å². The smallest absolute Gasteiger partial charge is 0.223 e. The van der Waals surface area contributed by atoms with Crippen LogP contribution in [0.3, 0.4) is 0 Å². The molecular weight excluding hydrogens is 426 g/mol. The zero-order valence-electron chi connectivity index (χ0n) is 17.8. The van der Waals surface area contributed by atoms with E-state index in [0.717, 1.165) is 17.7 Å². The molecule has 0 spiro atoms. The first-order chi connectivity index (χ1) is 15.3. The molecule has 3 aromatic rings. The number of Topliss-reactive ketones (excluding diaryl/α,β-unsaturated/α-hetero) is 1. The highest BCUT2D eigenvalue weighted by molar-refractivity contribution is 6.30. The standard InChI is InChI=1S/C26H22ClNO4/c1-16(25(30)21-7-12-24-20(15-21)13-14-28(24)17(2)29)32-23-10-5-19(6-11-23)26(31)18-3-8-22(27)9-4-18/h3-12,15-16H,13-14H2,1-2H3. The average molecular weight is 448 g/mol. The Bertz CT molecular complexity index is 1190. The minimum absolute atomic E-state index is 0.00230. The molecule has 1 amide bonds. The monoisotopic (exact) mass is 447 g/mol. The van der Waals surface area contributed by atoms with Crippen molar-refractivity contribution in [2.75, 3.05) is 11.4 Å². The summed E-state index contributed by atoms with van der Waals surface area (Å²) >= 11 is 5.88. The molecule has 0 bridgehead atoms. The van der Waals surface area contributed by atoms with Crippen molar-refractivity contribution in [3.05, 3.63) is 94.0 Å². The van der Waals surface area contributed by atoms with E-state index in [1.165, 1.54) is 0 Å². The van der Waals surface area contributed by atoms with Gasteiger partial charge in [-0.05, 0) is 85.6 Å². The van der Waals surface area contributed by atoms with Crippen molar-refractivity contribution in [2.24, 2.45) is 0 Å². The highest BCUT2D eigenvalue weighted by Crippen LogP contribution is 2.29. The van der Waals surface area contributed by atoms with Crippen molar-refractivity contribution >= 4 is 34.8 Å². The van der Waals surface area contributed by atoms with Gasteiger partial charge in [-0.25, -0.2) is 0 Å². The Balaban J connectivity index is 1.43. The third-order valence-electron chi connectivity index (χ3n) is 5.54. The number of hydrogen-bond donors (Lipinski definition) is 0. The topological polar surface area (TPSA) is 63.7 Å². The zero-order valence-corrected chi connectivity index (χ0v) is 18.6. The Morgan fingerprint density at radius 2 is 1.50 bits per heavy atom. The molecule has 1 unspecified atom stereocenters. The van der Waals surface area contributed by atoms with E-state index in [-0.39, 0.29) is 17.5 Å². The molecule has 0 N–H and O–H groups in total. The van der Waals surface area contributed by atoms with Crippen LogP contribution in [0.25, 0.3) is 0 Å². The fourth-order valence-corrected chi connectivity index (χ4v) is 3.95. The average Bonchev–Trinajstić information content (AvgIpc) is 3.23. The third-order valence-corrected chi connectivity index (χ3v) is 5.80. The molecule has 0 aromatic heterocycles. The zero-order chi connectivity index (χ0) is 22.8. The number of carbonyl (C=O) groups is 3. The minimum Gasteiger partial charge on any atom is -0.483 e. The predicted octanol–water partition coefficient (Wildman–Crippen LogP) is 5.13. The van der Waals surface area contributed by atoms with Crippen LogP contribution in [0.15, 0.2) is 66.7 Å². The molecule has 1 heterocycles. The van der Waals surface area contributed by atoms with E-state index in [4.69, 9.17) is 16.3 Å². The van der Waals surface area contributed by atoms with E-state index in [2.05, 4.69) is 0 Å². The molecule has 0 saturated heterocycles. The third kappa shape index (κ3) is 4.43. The fourth-order valence-electron chi connectivity index (χ4n) is 3.83. The summed E-state index contributed by atoms with van der Waals surface area (Å²) in [6, 6.07) is 18.8. The van der Waals surface area contributed by atoms with Crippen LogP contribution < -0.4 is 9.64 Å². The lowest BCUT2D eigenvalue weighted by atomic mass is 10.0. The number of carbonyl (C=O) groups excluding carboxylic acids is 3. The van der Waals surface area contributed by atoms with E-state index in [9.17, 15) is 14.4 Å². The second-order valence-corrected chi connectivity index (χ2v) is 8.19. The molecule has 5 nitrogen and oxygen atoms in total. The molecular formula is C26H22ClNO4. The van der Waals surface area contributed by atoms with Crippen LogP contribution in [0.1, 0.15) is 45.7 Å². The van der Waals surface area contributed by atoms with Gasteiger partial charge in [0.05, 0.1) is 0 Å². The van der Waals surface area contributed by atoms with Crippen molar-refractivity contribution in [3.63, 3.8) is 0 Å².